The lowest BCUT2D eigenvalue weighted by molar-refractivity contribution is 0.160. The highest BCUT2D eigenvalue weighted by molar-refractivity contribution is 6.30. The standard InChI is InChI=1S/C26H45ClN2O/c1-7-11-13-21(9-3)19-29(20-22(10-4)14-12-8-2)25(30)28-26(5,6)23-15-17-24(27)18-16-23/h15-18,21-22H,7-14,19-20H2,1-6H3,(H,28,30). The Morgan fingerprint density at radius 1 is 0.933 bits per heavy atom. The first-order chi connectivity index (χ1) is 14.3. The van der Waals surface area contributed by atoms with Crippen LogP contribution in [0.4, 0.5) is 4.79 Å². The van der Waals surface area contributed by atoms with E-state index in [0.717, 1.165) is 31.5 Å². The van der Waals surface area contributed by atoms with Crippen LogP contribution in [-0.4, -0.2) is 24.0 Å². The van der Waals surface area contributed by atoms with Crippen LogP contribution < -0.4 is 5.32 Å². The average molecular weight is 437 g/mol. The van der Waals surface area contributed by atoms with Gasteiger partial charge in [-0.05, 0) is 56.2 Å². The maximum absolute atomic E-state index is 13.4. The predicted octanol–water partition coefficient (Wildman–Crippen LogP) is 8.02. The van der Waals surface area contributed by atoms with Crippen LogP contribution in [0.3, 0.4) is 0 Å². The first-order valence-corrected chi connectivity index (χ1v) is 12.5. The Balaban J connectivity index is 2.96. The highest BCUT2D eigenvalue weighted by Crippen LogP contribution is 2.24. The second-order valence-corrected chi connectivity index (χ2v) is 9.74. The molecule has 0 aliphatic carbocycles. The van der Waals surface area contributed by atoms with E-state index in [1.165, 1.54) is 38.5 Å². The molecule has 0 saturated carbocycles. The number of carbonyl (C=O) groups excluding carboxylic acids is 1. The van der Waals surface area contributed by atoms with E-state index < -0.39 is 5.54 Å². The molecule has 4 heteroatoms. The molecule has 1 N–H and O–H groups in total. The molecule has 2 unspecified atom stereocenters. The van der Waals surface area contributed by atoms with Crippen molar-refractivity contribution in [2.75, 3.05) is 13.1 Å². The molecule has 3 nitrogen and oxygen atoms in total. The molecule has 1 rings (SSSR count). The summed E-state index contributed by atoms with van der Waals surface area (Å²) < 4.78 is 0. The van der Waals surface area contributed by atoms with E-state index in [4.69, 9.17) is 11.6 Å². The zero-order chi connectivity index (χ0) is 22.6. The van der Waals surface area contributed by atoms with E-state index >= 15 is 0 Å². The van der Waals surface area contributed by atoms with Crippen LogP contribution in [0.25, 0.3) is 0 Å². The lowest BCUT2D eigenvalue weighted by atomic mass is 9.94. The quantitative estimate of drug-likeness (QED) is 0.314. The third-order valence-electron chi connectivity index (χ3n) is 6.32. The van der Waals surface area contributed by atoms with Crippen LogP contribution in [0.5, 0.6) is 0 Å². The fraction of sp³-hybridized carbons (Fsp3) is 0.731. The molecular weight excluding hydrogens is 392 g/mol. The number of benzene rings is 1. The maximum atomic E-state index is 13.4. The Hall–Kier alpha value is -1.22. The third-order valence-corrected chi connectivity index (χ3v) is 6.57. The van der Waals surface area contributed by atoms with Gasteiger partial charge in [0.1, 0.15) is 0 Å². The highest BCUT2D eigenvalue weighted by atomic mass is 35.5. The van der Waals surface area contributed by atoms with Crippen molar-refractivity contribution < 1.29 is 4.79 Å². The normalized spacial score (nSPS) is 13.7. The molecule has 0 aromatic heterocycles. The summed E-state index contributed by atoms with van der Waals surface area (Å²) in [6, 6.07) is 7.83. The molecule has 0 saturated heterocycles. The highest BCUT2D eigenvalue weighted by Gasteiger charge is 2.28. The molecule has 0 bridgehead atoms. The second kappa shape index (κ2) is 14.0. The molecule has 1 aromatic carbocycles. The SMILES string of the molecule is CCCCC(CC)CN(CC(CC)CCCC)C(=O)NC(C)(C)c1ccc(Cl)cc1. The lowest BCUT2D eigenvalue weighted by Gasteiger charge is -2.35. The van der Waals surface area contributed by atoms with Gasteiger partial charge in [-0.15, -0.1) is 0 Å². The van der Waals surface area contributed by atoms with Gasteiger partial charge in [0, 0.05) is 18.1 Å². The largest absolute Gasteiger partial charge is 0.329 e. The summed E-state index contributed by atoms with van der Waals surface area (Å²) in [4.78, 5) is 15.5. The Kier molecular flexibility index (Phi) is 12.5. The minimum Gasteiger partial charge on any atom is -0.329 e. The molecule has 0 fully saturated rings. The Morgan fingerprint density at radius 3 is 1.80 bits per heavy atom. The summed E-state index contributed by atoms with van der Waals surface area (Å²) in [5, 5.41) is 4.02. The molecule has 0 aliphatic heterocycles. The summed E-state index contributed by atoms with van der Waals surface area (Å²) in [7, 11) is 0. The van der Waals surface area contributed by atoms with E-state index in [9.17, 15) is 4.79 Å². The van der Waals surface area contributed by atoms with E-state index in [-0.39, 0.29) is 6.03 Å². The fourth-order valence-corrected chi connectivity index (χ4v) is 4.11. The Morgan fingerprint density at radius 2 is 1.40 bits per heavy atom. The van der Waals surface area contributed by atoms with Gasteiger partial charge in [0.05, 0.1) is 5.54 Å². The van der Waals surface area contributed by atoms with Gasteiger partial charge in [-0.25, -0.2) is 4.79 Å². The Bertz CT molecular complexity index is 582. The van der Waals surface area contributed by atoms with Gasteiger partial charge in [0.25, 0.3) is 0 Å². The van der Waals surface area contributed by atoms with Gasteiger partial charge in [-0.2, -0.15) is 0 Å². The van der Waals surface area contributed by atoms with Crippen molar-refractivity contribution in [3.05, 3.63) is 34.9 Å². The molecule has 172 valence electrons. The minimum atomic E-state index is -0.448. The number of carbonyl (C=O) groups is 1. The summed E-state index contributed by atoms with van der Waals surface area (Å²) in [6.07, 6.45) is 9.52. The van der Waals surface area contributed by atoms with Gasteiger partial charge in [0.15, 0.2) is 0 Å². The summed E-state index contributed by atoms with van der Waals surface area (Å²) in [5.41, 5.74) is 0.618. The van der Waals surface area contributed by atoms with Crippen molar-refractivity contribution in [1.82, 2.24) is 10.2 Å². The molecule has 0 spiro atoms. The zero-order valence-electron chi connectivity index (χ0n) is 20.3. The average Bonchev–Trinajstić information content (AvgIpc) is 2.72. The molecule has 1 aromatic rings. The first kappa shape index (κ1) is 26.8. The number of urea groups is 1. The van der Waals surface area contributed by atoms with Crippen molar-refractivity contribution in [1.29, 1.82) is 0 Å². The van der Waals surface area contributed by atoms with Crippen LogP contribution in [0.2, 0.25) is 5.02 Å². The number of amides is 2. The summed E-state index contributed by atoms with van der Waals surface area (Å²) in [5.74, 6) is 1.14. The monoisotopic (exact) mass is 436 g/mol. The zero-order valence-corrected chi connectivity index (χ0v) is 21.0. The van der Waals surface area contributed by atoms with Gasteiger partial charge < -0.3 is 10.2 Å². The van der Waals surface area contributed by atoms with Crippen LogP contribution in [0.15, 0.2) is 24.3 Å². The minimum absolute atomic E-state index is 0.0554. The smallest absolute Gasteiger partial charge is 0.318 e. The van der Waals surface area contributed by atoms with Crippen LogP contribution in [-0.2, 0) is 5.54 Å². The van der Waals surface area contributed by atoms with Crippen molar-refractivity contribution in [3.63, 3.8) is 0 Å². The van der Waals surface area contributed by atoms with E-state index in [1.807, 2.05) is 24.3 Å². The summed E-state index contributed by atoms with van der Waals surface area (Å²) >= 11 is 6.05. The van der Waals surface area contributed by atoms with Gasteiger partial charge in [0.2, 0.25) is 0 Å². The molecule has 0 heterocycles. The van der Waals surface area contributed by atoms with E-state index in [0.29, 0.717) is 16.9 Å². The van der Waals surface area contributed by atoms with Crippen molar-refractivity contribution in [3.8, 4) is 0 Å². The van der Waals surface area contributed by atoms with Crippen LogP contribution >= 0.6 is 11.6 Å². The lowest BCUT2D eigenvalue weighted by Crippen LogP contribution is -2.50. The molecular formula is C26H45ClN2O. The molecule has 0 radical (unpaired) electrons. The molecule has 2 amide bonds. The molecule has 2 atom stereocenters. The molecule has 30 heavy (non-hydrogen) atoms. The van der Waals surface area contributed by atoms with Crippen molar-refractivity contribution in [2.45, 2.75) is 98.4 Å². The number of halogens is 1. The number of hydrogen-bond acceptors (Lipinski definition) is 1. The number of unbranched alkanes of at least 4 members (excludes halogenated alkanes) is 2. The number of nitrogens with one attached hydrogen (secondary N) is 1. The molecule has 0 aliphatic rings. The number of rotatable bonds is 14. The van der Waals surface area contributed by atoms with Gasteiger partial charge in [-0.1, -0.05) is 90.0 Å². The van der Waals surface area contributed by atoms with Crippen molar-refractivity contribution in [2.24, 2.45) is 11.8 Å². The third kappa shape index (κ3) is 9.29. The maximum Gasteiger partial charge on any atom is 0.318 e. The first-order valence-electron chi connectivity index (χ1n) is 12.1. The van der Waals surface area contributed by atoms with Gasteiger partial charge in [-0.3, -0.25) is 0 Å². The fourth-order valence-electron chi connectivity index (χ4n) is 3.98. The van der Waals surface area contributed by atoms with Crippen LogP contribution in [0, 0.1) is 11.8 Å². The topological polar surface area (TPSA) is 32.3 Å². The summed E-state index contributed by atoms with van der Waals surface area (Å²) in [6.45, 7) is 14.8. The van der Waals surface area contributed by atoms with E-state index in [1.54, 1.807) is 0 Å². The van der Waals surface area contributed by atoms with Crippen molar-refractivity contribution >= 4 is 17.6 Å². The second-order valence-electron chi connectivity index (χ2n) is 9.30. The number of nitrogens with zero attached hydrogens (tertiary/aromatic N) is 1. The predicted molar refractivity (Wildman–Crippen MR) is 131 cm³/mol. The van der Waals surface area contributed by atoms with Crippen LogP contribution in [0.1, 0.15) is 98.5 Å². The number of hydrogen-bond donors (Lipinski definition) is 1. The van der Waals surface area contributed by atoms with Gasteiger partial charge >= 0.3 is 6.03 Å². The Labute approximate surface area is 191 Å². The van der Waals surface area contributed by atoms with E-state index in [2.05, 4.69) is 51.8 Å².